The van der Waals surface area contributed by atoms with Crippen molar-refractivity contribution in [1.82, 2.24) is 9.78 Å². The number of halogens is 1. The lowest BCUT2D eigenvalue weighted by Gasteiger charge is -2.11. The van der Waals surface area contributed by atoms with Gasteiger partial charge < -0.3 is 10.5 Å². The van der Waals surface area contributed by atoms with Crippen LogP contribution in [0.4, 0.5) is 11.4 Å². The van der Waals surface area contributed by atoms with Gasteiger partial charge in [0.05, 0.1) is 18.1 Å². The average molecular weight is 483 g/mol. The summed E-state index contributed by atoms with van der Waals surface area (Å²) in [7, 11) is -3.33. The van der Waals surface area contributed by atoms with Crippen molar-refractivity contribution in [2.75, 3.05) is 16.7 Å². The molecule has 0 unspecified atom stereocenters. The van der Waals surface area contributed by atoms with Crippen LogP contribution in [0.2, 0.25) is 5.02 Å². The Morgan fingerprint density at radius 3 is 2.09 bits per heavy atom. The van der Waals surface area contributed by atoms with Crippen molar-refractivity contribution < 1.29 is 13.2 Å². The van der Waals surface area contributed by atoms with Crippen LogP contribution in [-0.2, 0) is 10.0 Å². The Hall–Kier alpha value is -3.82. The molecule has 8 nitrogen and oxygen atoms in total. The molecule has 0 radical (unpaired) electrons. The number of nitrogens with one attached hydrogen (secondary N) is 1. The molecule has 0 saturated carbocycles. The molecule has 0 aliphatic rings. The van der Waals surface area contributed by atoms with Gasteiger partial charge in [-0.1, -0.05) is 35.9 Å². The Bertz CT molecular complexity index is 1450. The summed E-state index contributed by atoms with van der Waals surface area (Å²) in [6.07, 6.45) is 2.45. The molecule has 0 atom stereocenters. The van der Waals surface area contributed by atoms with Crippen LogP contribution in [0, 0.1) is 0 Å². The number of ether oxygens (including phenoxy) is 1. The Balaban J connectivity index is 1.56. The van der Waals surface area contributed by atoms with Gasteiger partial charge in [-0.2, -0.15) is 9.78 Å². The first-order valence-electron chi connectivity index (χ1n) is 9.69. The lowest BCUT2D eigenvalue weighted by Crippen LogP contribution is -2.23. The van der Waals surface area contributed by atoms with Crippen LogP contribution >= 0.6 is 11.6 Å². The maximum atomic E-state index is 12.9. The molecule has 0 saturated heterocycles. The van der Waals surface area contributed by atoms with Gasteiger partial charge in [0.15, 0.2) is 0 Å². The third kappa shape index (κ3) is 5.33. The predicted molar refractivity (Wildman–Crippen MR) is 130 cm³/mol. The van der Waals surface area contributed by atoms with Gasteiger partial charge in [-0.05, 0) is 59.7 Å². The topological polar surface area (TPSA) is 116 Å². The summed E-state index contributed by atoms with van der Waals surface area (Å²) in [5.74, 6) is 0.385. The van der Waals surface area contributed by atoms with E-state index in [-0.39, 0.29) is 11.4 Å². The van der Waals surface area contributed by atoms with Gasteiger partial charge in [-0.3, -0.25) is 9.52 Å². The number of nitrogens with zero attached hydrogens (tertiary/aromatic N) is 2. The normalized spacial score (nSPS) is 11.2. The quantitative estimate of drug-likeness (QED) is 0.423. The first-order valence-corrected chi connectivity index (χ1v) is 12.0. The maximum absolute atomic E-state index is 12.9. The molecule has 0 bridgehead atoms. The summed E-state index contributed by atoms with van der Waals surface area (Å²) in [6, 6.07) is 20.7. The fourth-order valence-electron chi connectivity index (χ4n) is 3.10. The molecule has 3 aromatic carbocycles. The fourth-order valence-corrected chi connectivity index (χ4v) is 3.79. The van der Waals surface area contributed by atoms with Gasteiger partial charge >= 0.3 is 5.56 Å². The van der Waals surface area contributed by atoms with Gasteiger partial charge in [0.25, 0.3) is 0 Å². The van der Waals surface area contributed by atoms with E-state index in [2.05, 4.69) is 9.82 Å². The van der Waals surface area contributed by atoms with Crippen LogP contribution < -0.4 is 20.8 Å². The second-order valence-electron chi connectivity index (χ2n) is 7.20. The summed E-state index contributed by atoms with van der Waals surface area (Å²) in [6.45, 7) is 0. The van der Waals surface area contributed by atoms with Crippen LogP contribution in [0.1, 0.15) is 0 Å². The minimum absolute atomic E-state index is 0.0381. The number of nitrogens with two attached hydrogens (primary N) is 1. The molecule has 3 N–H and O–H groups in total. The predicted octanol–water partition coefficient (Wildman–Crippen LogP) is 4.30. The zero-order chi connectivity index (χ0) is 23.6. The van der Waals surface area contributed by atoms with E-state index in [1.807, 2.05) is 12.1 Å². The SMILES string of the molecule is CS(=O)(=O)Nc1ccc(-c2ccc(Oc3c(N)cnn(-c4ccc(Cl)cc4)c3=O)cc2)cc1. The summed E-state index contributed by atoms with van der Waals surface area (Å²) in [5.41, 5.74) is 8.33. The van der Waals surface area contributed by atoms with Crippen LogP contribution in [0.25, 0.3) is 16.8 Å². The van der Waals surface area contributed by atoms with Gasteiger partial charge in [-0.15, -0.1) is 0 Å². The van der Waals surface area contributed by atoms with Crippen molar-refractivity contribution in [3.8, 4) is 28.3 Å². The van der Waals surface area contributed by atoms with Crippen molar-refractivity contribution in [2.24, 2.45) is 0 Å². The molecular weight excluding hydrogens is 464 g/mol. The maximum Gasteiger partial charge on any atom is 0.316 e. The van der Waals surface area contributed by atoms with Crippen LogP contribution in [0.5, 0.6) is 11.5 Å². The van der Waals surface area contributed by atoms with Crippen LogP contribution in [0.15, 0.2) is 83.8 Å². The Labute approximate surface area is 195 Å². The summed E-state index contributed by atoms with van der Waals surface area (Å²) in [4.78, 5) is 12.9. The first-order chi connectivity index (χ1) is 15.7. The summed E-state index contributed by atoms with van der Waals surface area (Å²) >= 11 is 5.91. The molecule has 0 amide bonds. The number of anilines is 2. The molecule has 10 heteroatoms. The second-order valence-corrected chi connectivity index (χ2v) is 9.39. The Morgan fingerprint density at radius 2 is 1.52 bits per heavy atom. The number of aromatic nitrogens is 2. The molecule has 4 aromatic rings. The highest BCUT2D eigenvalue weighted by Gasteiger charge is 2.13. The van der Waals surface area contributed by atoms with Crippen molar-refractivity contribution in [3.63, 3.8) is 0 Å². The molecule has 0 aliphatic carbocycles. The number of benzene rings is 3. The fraction of sp³-hybridized carbons (Fsp3) is 0.0435. The molecule has 1 aromatic heterocycles. The third-order valence-electron chi connectivity index (χ3n) is 4.63. The molecule has 4 rings (SSSR count). The van der Waals surface area contributed by atoms with E-state index in [0.29, 0.717) is 22.1 Å². The van der Waals surface area contributed by atoms with Crippen molar-refractivity contribution >= 4 is 33.0 Å². The zero-order valence-electron chi connectivity index (χ0n) is 17.4. The highest BCUT2D eigenvalue weighted by Crippen LogP contribution is 2.28. The van der Waals surface area contributed by atoms with E-state index in [9.17, 15) is 13.2 Å². The standard InChI is InChI=1S/C23H19ClN4O4S/c1-33(30,31)27-18-8-2-15(3-9-18)16-4-12-20(13-5-16)32-22-21(25)14-26-28(23(22)29)19-10-6-17(24)7-11-19/h2-14,27H,25H2,1H3. The lowest BCUT2D eigenvalue weighted by molar-refractivity contribution is 0.470. The summed E-state index contributed by atoms with van der Waals surface area (Å²) < 4.78 is 32.1. The molecule has 0 spiro atoms. The van der Waals surface area contributed by atoms with Crippen molar-refractivity contribution in [1.29, 1.82) is 0 Å². The van der Waals surface area contributed by atoms with E-state index >= 15 is 0 Å². The number of hydrogen-bond acceptors (Lipinski definition) is 6. The minimum atomic E-state index is -3.33. The largest absolute Gasteiger partial charge is 0.449 e. The van der Waals surface area contributed by atoms with Gasteiger partial charge in [0.1, 0.15) is 11.4 Å². The minimum Gasteiger partial charge on any atom is -0.449 e. The van der Waals surface area contributed by atoms with Crippen molar-refractivity contribution in [3.05, 3.63) is 94.4 Å². The van der Waals surface area contributed by atoms with E-state index in [1.54, 1.807) is 60.7 Å². The van der Waals surface area contributed by atoms with Gasteiger partial charge in [-0.25, -0.2) is 8.42 Å². The number of rotatable bonds is 6. The van der Waals surface area contributed by atoms with E-state index in [4.69, 9.17) is 22.1 Å². The first kappa shape index (κ1) is 22.4. The van der Waals surface area contributed by atoms with E-state index < -0.39 is 15.6 Å². The lowest BCUT2D eigenvalue weighted by atomic mass is 10.1. The monoisotopic (exact) mass is 482 g/mol. The zero-order valence-corrected chi connectivity index (χ0v) is 19.0. The smallest absolute Gasteiger partial charge is 0.316 e. The molecule has 33 heavy (non-hydrogen) atoms. The Kier molecular flexibility index (Phi) is 6.08. The number of sulfonamides is 1. The summed E-state index contributed by atoms with van der Waals surface area (Å²) in [5, 5.41) is 4.62. The highest BCUT2D eigenvalue weighted by molar-refractivity contribution is 7.92. The van der Waals surface area contributed by atoms with Gasteiger partial charge in [0, 0.05) is 10.7 Å². The molecular formula is C23H19ClN4O4S. The third-order valence-corrected chi connectivity index (χ3v) is 5.49. The van der Waals surface area contributed by atoms with Crippen LogP contribution in [0.3, 0.4) is 0 Å². The van der Waals surface area contributed by atoms with E-state index in [0.717, 1.165) is 17.4 Å². The molecule has 0 aliphatic heterocycles. The number of hydrogen-bond donors (Lipinski definition) is 2. The van der Waals surface area contributed by atoms with Crippen LogP contribution in [-0.4, -0.2) is 24.5 Å². The number of nitrogen functional groups attached to an aromatic ring is 1. The van der Waals surface area contributed by atoms with Gasteiger partial charge in [0.2, 0.25) is 15.8 Å². The molecule has 1 heterocycles. The van der Waals surface area contributed by atoms with E-state index in [1.165, 1.54) is 10.9 Å². The Morgan fingerprint density at radius 1 is 0.939 bits per heavy atom. The van der Waals surface area contributed by atoms with Crippen molar-refractivity contribution in [2.45, 2.75) is 0 Å². The molecule has 168 valence electrons. The highest BCUT2D eigenvalue weighted by atomic mass is 35.5. The molecule has 0 fully saturated rings. The second kappa shape index (κ2) is 8.97. The average Bonchev–Trinajstić information content (AvgIpc) is 2.77.